The average molecular weight is 278 g/mol. The van der Waals surface area contributed by atoms with Crippen LogP contribution in [0.15, 0.2) is 18.3 Å². The molecule has 1 aromatic rings. The van der Waals surface area contributed by atoms with E-state index in [0.29, 0.717) is 37.6 Å². The number of carbonyl (C=O) groups is 2. The monoisotopic (exact) mass is 278 g/mol. The molecule has 7 nitrogen and oxygen atoms in total. The predicted molar refractivity (Wildman–Crippen MR) is 73.2 cm³/mol. The Morgan fingerprint density at radius 2 is 2.05 bits per heavy atom. The molecule has 1 saturated heterocycles. The number of amides is 1. The molecular formula is C13H18N4O3. The van der Waals surface area contributed by atoms with Gasteiger partial charge in [0.1, 0.15) is 5.69 Å². The van der Waals surface area contributed by atoms with Crippen LogP contribution in [-0.2, 0) is 4.79 Å². The molecule has 0 radical (unpaired) electrons. The number of aromatic nitrogens is 1. The summed E-state index contributed by atoms with van der Waals surface area (Å²) in [6.45, 7) is 2.39. The van der Waals surface area contributed by atoms with Crippen LogP contribution in [-0.4, -0.2) is 64.5 Å². The summed E-state index contributed by atoms with van der Waals surface area (Å²) < 4.78 is 0. The molecule has 0 aromatic carbocycles. The van der Waals surface area contributed by atoms with Crippen molar-refractivity contribution in [3.63, 3.8) is 0 Å². The highest BCUT2D eigenvalue weighted by Gasteiger charge is 2.21. The van der Waals surface area contributed by atoms with Crippen LogP contribution >= 0.6 is 0 Å². The van der Waals surface area contributed by atoms with E-state index in [-0.39, 0.29) is 12.5 Å². The first-order chi connectivity index (χ1) is 9.56. The van der Waals surface area contributed by atoms with Crippen molar-refractivity contribution < 1.29 is 14.7 Å². The minimum atomic E-state index is -0.843. The first kappa shape index (κ1) is 14.3. The molecule has 1 aliphatic rings. The van der Waals surface area contributed by atoms with E-state index in [4.69, 9.17) is 10.8 Å². The van der Waals surface area contributed by atoms with Gasteiger partial charge in [0.05, 0.1) is 18.4 Å². The van der Waals surface area contributed by atoms with E-state index < -0.39 is 5.97 Å². The summed E-state index contributed by atoms with van der Waals surface area (Å²) in [4.78, 5) is 30.6. The number of hydrogen-bond acceptors (Lipinski definition) is 5. The maximum absolute atomic E-state index is 12.3. The van der Waals surface area contributed by atoms with Crippen LogP contribution in [0.1, 0.15) is 16.9 Å². The molecule has 108 valence electrons. The van der Waals surface area contributed by atoms with Gasteiger partial charge >= 0.3 is 5.97 Å². The van der Waals surface area contributed by atoms with Crippen LogP contribution in [0.5, 0.6) is 0 Å². The van der Waals surface area contributed by atoms with Crippen molar-refractivity contribution in [3.8, 4) is 0 Å². The number of aliphatic carboxylic acids is 1. The Bertz CT molecular complexity index is 489. The molecule has 1 aromatic heterocycles. The summed E-state index contributed by atoms with van der Waals surface area (Å²) in [7, 11) is 0. The summed E-state index contributed by atoms with van der Waals surface area (Å²) >= 11 is 0. The maximum Gasteiger partial charge on any atom is 0.317 e. The number of anilines is 1. The first-order valence-corrected chi connectivity index (χ1v) is 6.51. The van der Waals surface area contributed by atoms with Crippen molar-refractivity contribution in [3.05, 3.63) is 24.0 Å². The molecule has 7 heteroatoms. The molecule has 3 N–H and O–H groups in total. The summed E-state index contributed by atoms with van der Waals surface area (Å²) in [5.74, 6) is -0.979. The van der Waals surface area contributed by atoms with Gasteiger partial charge in [0.15, 0.2) is 0 Å². The van der Waals surface area contributed by atoms with Gasteiger partial charge in [0, 0.05) is 26.2 Å². The molecule has 20 heavy (non-hydrogen) atoms. The molecule has 0 unspecified atom stereocenters. The van der Waals surface area contributed by atoms with Crippen LogP contribution < -0.4 is 5.73 Å². The largest absolute Gasteiger partial charge is 0.480 e. The third kappa shape index (κ3) is 3.67. The van der Waals surface area contributed by atoms with E-state index in [9.17, 15) is 9.59 Å². The first-order valence-electron chi connectivity index (χ1n) is 6.51. The summed E-state index contributed by atoms with van der Waals surface area (Å²) in [5, 5.41) is 8.79. The number of carboxylic acids is 1. The zero-order chi connectivity index (χ0) is 14.5. The molecule has 1 fully saturated rings. The predicted octanol–water partition coefficient (Wildman–Crippen LogP) is -0.104. The lowest BCUT2D eigenvalue weighted by atomic mass is 10.3. The molecule has 1 aliphatic heterocycles. The van der Waals surface area contributed by atoms with E-state index in [2.05, 4.69) is 4.98 Å². The van der Waals surface area contributed by atoms with Gasteiger partial charge < -0.3 is 15.7 Å². The summed E-state index contributed by atoms with van der Waals surface area (Å²) in [6.07, 6.45) is 2.22. The van der Waals surface area contributed by atoms with Gasteiger partial charge in [-0.05, 0) is 18.6 Å². The third-order valence-corrected chi connectivity index (χ3v) is 3.24. The van der Waals surface area contributed by atoms with Gasteiger partial charge in [0.25, 0.3) is 5.91 Å². The number of pyridine rings is 1. The summed E-state index contributed by atoms with van der Waals surface area (Å²) in [5.41, 5.74) is 6.43. The van der Waals surface area contributed by atoms with Gasteiger partial charge in [-0.2, -0.15) is 0 Å². The molecule has 0 atom stereocenters. The minimum Gasteiger partial charge on any atom is -0.480 e. The zero-order valence-corrected chi connectivity index (χ0v) is 11.2. The molecule has 0 bridgehead atoms. The van der Waals surface area contributed by atoms with E-state index in [1.54, 1.807) is 17.0 Å². The lowest BCUT2D eigenvalue weighted by Crippen LogP contribution is -2.37. The smallest absolute Gasteiger partial charge is 0.317 e. The van der Waals surface area contributed by atoms with Crippen LogP contribution in [0.3, 0.4) is 0 Å². The standard InChI is InChI=1S/C13H18N4O3/c14-10-2-3-11(15-8-10)13(20)17-5-1-4-16(6-7-17)9-12(18)19/h2-3,8H,1,4-7,9,14H2,(H,18,19). The van der Waals surface area contributed by atoms with E-state index >= 15 is 0 Å². The van der Waals surface area contributed by atoms with Gasteiger partial charge in [-0.15, -0.1) is 0 Å². The number of carboxylic acid groups (broad SMARTS) is 1. The van der Waals surface area contributed by atoms with E-state index in [0.717, 1.165) is 6.42 Å². The van der Waals surface area contributed by atoms with Crippen molar-refractivity contribution in [1.29, 1.82) is 0 Å². The van der Waals surface area contributed by atoms with Gasteiger partial charge in [-0.25, -0.2) is 4.98 Å². The van der Waals surface area contributed by atoms with Gasteiger partial charge in [-0.3, -0.25) is 14.5 Å². The molecule has 2 rings (SSSR count). The number of hydrogen-bond donors (Lipinski definition) is 2. The normalized spacial score (nSPS) is 16.7. The fraction of sp³-hybridized carbons (Fsp3) is 0.462. The van der Waals surface area contributed by atoms with Crippen molar-refractivity contribution >= 4 is 17.6 Å². The lowest BCUT2D eigenvalue weighted by Gasteiger charge is -2.20. The number of nitrogens with two attached hydrogens (primary N) is 1. The highest BCUT2D eigenvalue weighted by Crippen LogP contribution is 2.09. The Morgan fingerprint density at radius 3 is 2.70 bits per heavy atom. The highest BCUT2D eigenvalue weighted by molar-refractivity contribution is 5.92. The second kappa shape index (κ2) is 6.33. The SMILES string of the molecule is Nc1ccc(C(=O)N2CCCN(CC(=O)O)CC2)nc1. The molecule has 0 aliphatic carbocycles. The summed E-state index contributed by atoms with van der Waals surface area (Å²) in [6, 6.07) is 3.26. The fourth-order valence-electron chi connectivity index (χ4n) is 2.22. The fourth-order valence-corrected chi connectivity index (χ4v) is 2.22. The number of nitrogens with zero attached hydrogens (tertiary/aromatic N) is 3. The van der Waals surface area contributed by atoms with Crippen molar-refractivity contribution in [2.45, 2.75) is 6.42 Å². The molecule has 2 heterocycles. The molecule has 1 amide bonds. The lowest BCUT2D eigenvalue weighted by molar-refractivity contribution is -0.138. The Kier molecular flexibility index (Phi) is 4.52. The van der Waals surface area contributed by atoms with Crippen molar-refractivity contribution in [2.24, 2.45) is 0 Å². The topological polar surface area (TPSA) is 99.8 Å². The molecular weight excluding hydrogens is 260 g/mol. The van der Waals surface area contributed by atoms with Crippen LogP contribution in [0.2, 0.25) is 0 Å². The number of nitrogen functional groups attached to an aromatic ring is 1. The van der Waals surface area contributed by atoms with E-state index in [1.807, 2.05) is 4.90 Å². The van der Waals surface area contributed by atoms with Crippen LogP contribution in [0.25, 0.3) is 0 Å². The maximum atomic E-state index is 12.3. The molecule has 0 spiro atoms. The van der Waals surface area contributed by atoms with E-state index in [1.165, 1.54) is 6.20 Å². The van der Waals surface area contributed by atoms with Crippen LogP contribution in [0.4, 0.5) is 5.69 Å². The third-order valence-electron chi connectivity index (χ3n) is 3.24. The van der Waals surface area contributed by atoms with Crippen LogP contribution in [0, 0.1) is 0 Å². The molecule has 0 saturated carbocycles. The Labute approximate surface area is 117 Å². The zero-order valence-electron chi connectivity index (χ0n) is 11.2. The van der Waals surface area contributed by atoms with Gasteiger partial charge in [-0.1, -0.05) is 0 Å². The van der Waals surface area contributed by atoms with Crippen molar-refractivity contribution in [1.82, 2.24) is 14.8 Å². The highest BCUT2D eigenvalue weighted by atomic mass is 16.4. The Hall–Kier alpha value is -2.15. The quantitative estimate of drug-likeness (QED) is 0.800. The average Bonchev–Trinajstić information content (AvgIpc) is 2.64. The Morgan fingerprint density at radius 1 is 1.25 bits per heavy atom. The second-order valence-electron chi connectivity index (χ2n) is 4.79. The minimum absolute atomic E-state index is 0.0160. The van der Waals surface area contributed by atoms with Gasteiger partial charge in [0.2, 0.25) is 0 Å². The number of rotatable bonds is 3. The Balaban J connectivity index is 1.97. The van der Waals surface area contributed by atoms with Crippen molar-refractivity contribution in [2.75, 3.05) is 38.5 Å². The number of carbonyl (C=O) groups excluding carboxylic acids is 1. The second-order valence-corrected chi connectivity index (χ2v) is 4.79.